The third-order valence-electron chi connectivity index (χ3n) is 12.8. The average Bonchev–Trinajstić information content (AvgIpc) is 3.14. The molecule has 51 heavy (non-hydrogen) atoms. The molecule has 0 N–H and O–H groups in total. The summed E-state index contributed by atoms with van der Waals surface area (Å²) in [6.07, 6.45) is 3.59. The molecule has 0 aromatic heterocycles. The first-order chi connectivity index (χ1) is 24.6. The fraction of sp³-hybridized carbons (Fsp3) is 0.224. The van der Waals surface area contributed by atoms with Crippen molar-refractivity contribution in [1.29, 1.82) is 0 Å². The second kappa shape index (κ2) is 10.4. The van der Waals surface area contributed by atoms with E-state index >= 15 is 0 Å². The minimum atomic E-state index is -0.241. The van der Waals surface area contributed by atoms with E-state index in [1.165, 1.54) is 83.7 Å². The van der Waals surface area contributed by atoms with Crippen molar-refractivity contribution in [3.63, 3.8) is 0 Å². The number of allylic oxidation sites excluding steroid dienone is 1. The highest BCUT2D eigenvalue weighted by Gasteiger charge is 2.54. The molecular weight excluding hydrogens is 617 g/mol. The van der Waals surface area contributed by atoms with Gasteiger partial charge in [-0.1, -0.05) is 145 Å². The van der Waals surface area contributed by atoms with Crippen LogP contribution >= 0.6 is 0 Å². The van der Waals surface area contributed by atoms with E-state index in [9.17, 15) is 0 Å². The van der Waals surface area contributed by atoms with Crippen LogP contribution in [0.4, 0.5) is 22.7 Å². The number of rotatable bonds is 4. The molecule has 4 aliphatic rings. The molecule has 0 spiro atoms. The molecule has 1 unspecified atom stereocenters. The maximum atomic E-state index is 2.72. The number of anilines is 4. The summed E-state index contributed by atoms with van der Waals surface area (Å²) in [5, 5.41) is 2.58. The number of benzene rings is 6. The fourth-order valence-electron chi connectivity index (χ4n) is 10.0. The first-order valence-electron chi connectivity index (χ1n) is 18.6. The maximum Gasteiger partial charge on any atom is 0.0567 e. The van der Waals surface area contributed by atoms with E-state index in [2.05, 4.69) is 191 Å². The second-order valence-electron chi connectivity index (χ2n) is 16.6. The van der Waals surface area contributed by atoms with Crippen LogP contribution in [0.25, 0.3) is 21.9 Å². The minimum absolute atomic E-state index is 0.141. The molecule has 0 saturated heterocycles. The number of hydrogen-bond acceptors (Lipinski definition) is 2. The van der Waals surface area contributed by atoms with E-state index in [-0.39, 0.29) is 22.3 Å². The number of nitrogens with zero attached hydrogens (tertiary/aromatic N) is 2. The molecule has 10 rings (SSSR count). The molecule has 3 heterocycles. The van der Waals surface area contributed by atoms with Crippen molar-refractivity contribution in [1.82, 2.24) is 0 Å². The van der Waals surface area contributed by atoms with Crippen LogP contribution in [-0.2, 0) is 16.2 Å². The molecule has 0 saturated carbocycles. The molecule has 250 valence electrons. The van der Waals surface area contributed by atoms with Gasteiger partial charge in [-0.2, -0.15) is 0 Å². The van der Waals surface area contributed by atoms with Crippen LogP contribution in [0.5, 0.6) is 0 Å². The first-order valence-corrected chi connectivity index (χ1v) is 18.6. The first kappa shape index (κ1) is 30.5. The maximum absolute atomic E-state index is 2.72. The van der Waals surface area contributed by atoms with E-state index < -0.39 is 0 Å². The molecule has 1 aliphatic carbocycles. The Labute approximate surface area is 302 Å². The molecule has 0 radical (unpaired) electrons. The Balaban J connectivity index is 1.29. The third kappa shape index (κ3) is 4.05. The van der Waals surface area contributed by atoms with E-state index in [1.807, 2.05) is 0 Å². The van der Waals surface area contributed by atoms with Crippen molar-refractivity contribution in [2.75, 3.05) is 9.80 Å². The van der Waals surface area contributed by atoms with Gasteiger partial charge in [0.25, 0.3) is 0 Å². The Morgan fingerprint density at radius 2 is 1.10 bits per heavy atom. The highest BCUT2D eigenvalue weighted by molar-refractivity contribution is 6.00. The SMILES string of the molecule is CC1(C)C2=CC(N(c3ccccc3)c3ccccc3)CC3=C2N2c4c1cc(-c1cccc5ccccc15)cc4C(C)(C)c1cccc(c12)C3(C)C. The largest absolute Gasteiger partial charge is 0.334 e. The quantitative estimate of drug-likeness (QED) is 0.186. The van der Waals surface area contributed by atoms with Crippen LogP contribution in [-0.4, -0.2) is 6.04 Å². The van der Waals surface area contributed by atoms with Gasteiger partial charge >= 0.3 is 0 Å². The van der Waals surface area contributed by atoms with Gasteiger partial charge in [0, 0.05) is 27.6 Å². The summed E-state index contributed by atoms with van der Waals surface area (Å²) in [5.41, 5.74) is 17.4. The van der Waals surface area contributed by atoms with Gasteiger partial charge in [0.1, 0.15) is 0 Å². The number of para-hydroxylation sites is 3. The van der Waals surface area contributed by atoms with E-state index in [0.717, 1.165) is 6.42 Å². The van der Waals surface area contributed by atoms with Gasteiger partial charge in [0.05, 0.1) is 23.1 Å². The van der Waals surface area contributed by atoms with Crippen molar-refractivity contribution in [3.8, 4) is 11.1 Å². The van der Waals surface area contributed by atoms with Crippen LogP contribution in [0.3, 0.4) is 0 Å². The van der Waals surface area contributed by atoms with Gasteiger partial charge in [0.2, 0.25) is 0 Å². The van der Waals surface area contributed by atoms with Gasteiger partial charge in [-0.15, -0.1) is 0 Å². The molecule has 0 amide bonds. The molecule has 0 bridgehead atoms. The van der Waals surface area contributed by atoms with Crippen LogP contribution < -0.4 is 9.80 Å². The topological polar surface area (TPSA) is 6.48 Å². The molecule has 0 fully saturated rings. The summed E-state index contributed by atoms with van der Waals surface area (Å²) in [5.74, 6) is 0. The second-order valence-corrected chi connectivity index (χ2v) is 16.6. The van der Waals surface area contributed by atoms with Crippen LogP contribution in [0.2, 0.25) is 0 Å². The molecule has 3 aliphatic heterocycles. The Morgan fingerprint density at radius 3 is 1.78 bits per heavy atom. The lowest BCUT2D eigenvalue weighted by Gasteiger charge is -2.58. The summed E-state index contributed by atoms with van der Waals surface area (Å²) in [4.78, 5) is 5.29. The summed E-state index contributed by atoms with van der Waals surface area (Å²) in [6.45, 7) is 14.8. The van der Waals surface area contributed by atoms with Crippen molar-refractivity contribution >= 4 is 33.5 Å². The van der Waals surface area contributed by atoms with E-state index in [0.29, 0.717) is 0 Å². The zero-order chi connectivity index (χ0) is 34.9. The zero-order valence-corrected chi connectivity index (χ0v) is 30.5. The average molecular weight is 661 g/mol. The van der Waals surface area contributed by atoms with Gasteiger partial charge in [-0.05, 0) is 98.1 Å². The summed E-state index contributed by atoms with van der Waals surface area (Å²) < 4.78 is 0. The third-order valence-corrected chi connectivity index (χ3v) is 12.8. The molecule has 2 heteroatoms. The van der Waals surface area contributed by atoms with Crippen molar-refractivity contribution < 1.29 is 0 Å². The van der Waals surface area contributed by atoms with Crippen LogP contribution in [0, 0.1) is 0 Å². The monoisotopic (exact) mass is 660 g/mol. The lowest BCUT2D eigenvalue weighted by molar-refractivity contribution is 0.502. The van der Waals surface area contributed by atoms with Gasteiger partial charge < -0.3 is 9.80 Å². The lowest BCUT2D eigenvalue weighted by Crippen LogP contribution is -2.50. The predicted molar refractivity (Wildman–Crippen MR) is 215 cm³/mol. The minimum Gasteiger partial charge on any atom is -0.334 e. The van der Waals surface area contributed by atoms with Crippen molar-refractivity contribution in [2.24, 2.45) is 0 Å². The summed E-state index contributed by atoms with van der Waals surface area (Å²) >= 11 is 0. The molecular formula is C49H44N2. The normalized spacial score (nSPS) is 19.8. The van der Waals surface area contributed by atoms with Crippen LogP contribution in [0.15, 0.2) is 156 Å². The smallest absolute Gasteiger partial charge is 0.0567 e. The Morgan fingerprint density at radius 1 is 0.549 bits per heavy atom. The summed E-state index contributed by atoms with van der Waals surface area (Å²) in [6, 6.07) is 49.9. The number of fused-ring (bicyclic) bond motifs is 1. The van der Waals surface area contributed by atoms with Crippen molar-refractivity contribution in [3.05, 3.63) is 179 Å². The van der Waals surface area contributed by atoms with Crippen LogP contribution in [0.1, 0.15) is 70.2 Å². The van der Waals surface area contributed by atoms with E-state index in [1.54, 1.807) is 0 Å². The molecule has 1 atom stereocenters. The lowest BCUT2D eigenvalue weighted by atomic mass is 9.58. The Bertz CT molecular complexity index is 2430. The predicted octanol–water partition coefficient (Wildman–Crippen LogP) is 12.7. The number of hydrogen-bond donors (Lipinski definition) is 0. The van der Waals surface area contributed by atoms with Gasteiger partial charge in [-0.25, -0.2) is 0 Å². The Kier molecular flexibility index (Phi) is 6.19. The van der Waals surface area contributed by atoms with E-state index in [4.69, 9.17) is 0 Å². The standard InChI is InChI=1S/C49H44N2/c1-47(2)38-25-16-26-39-44(38)51-45-40(47)27-32(37-24-15-18-31-17-13-14-23-36(31)37)28-41(45)49(5,6)43-30-35(29-42(46(43)51)48(39,3)4)50(33-19-9-7-10-20-33)34-21-11-8-12-22-34/h7-28,30,35H,29H2,1-6H3. The highest BCUT2D eigenvalue weighted by Crippen LogP contribution is 2.66. The summed E-state index contributed by atoms with van der Waals surface area (Å²) in [7, 11) is 0. The van der Waals surface area contributed by atoms with Crippen molar-refractivity contribution in [2.45, 2.75) is 70.3 Å². The fourth-order valence-corrected chi connectivity index (χ4v) is 10.0. The zero-order valence-electron chi connectivity index (χ0n) is 30.5. The van der Waals surface area contributed by atoms with Gasteiger partial charge in [0.15, 0.2) is 0 Å². The molecule has 6 aromatic rings. The molecule has 2 nitrogen and oxygen atoms in total. The Hall–Kier alpha value is -5.34. The highest BCUT2D eigenvalue weighted by atomic mass is 15.2. The molecule has 6 aromatic carbocycles. The van der Waals surface area contributed by atoms with Gasteiger partial charge in [-0.3, -0.25) is 0 Å².